The molecule has 0 bridgehead atoms. The maximum atomic E-state index is 12.2. The van der Waals surface area contributed by atoms with E-state index in [1.165, 1.54) is 0 Å². The molecule has 2 N–H and O–H groups in total. The van der Waals surface area contributed by atoms with Crippen molar-refractivity contribution in [3.05, 3.63) is 57.8 Å². The van der Waals surface area contributed by atoms with Crippen molar-refractivity contribution in [2.24, 2.45) is 5.41 Å². The molecular weight excluding hydrogens is 298 g/mol. The van der Waals surface area contributed by atoms with E-state index in [0.29, 0.717) is 19.4 Å². The van der Waals surface area contributed by atoms with E-state index in [1.807, 2.05) is 41.1 Å². The molecule has 0 fully saturated rings. The van der Waals surface area contributed by atoms with Crippen LogP contribution in [0.3, 0.4) is 0 Å². The predicted molar refractivity (Wildman–Crippen MR) is 84.7 cm³/mol. The van der Waals surface area contributed by atoms with Crippen molar-refractivity contribution in [3.8, 4) is 0 Å². The van der Waals surface area contributed by atoms with Gasteiger partial charge in [-0.3, -0.25) is 9.59 Å². The van der Waals surface area contributed by atoms with Crippen molar-refractivity contribution >= 4 is 23.2 Å². The standard InChI is InChI=1S/C17H17NO3S/c19-15(18-10-12-5-6-22-11-12)9-17(16(20)21)7-13-3-1-2-4-14(13)8-17/h1-6,11H,7-10H2,(H,18,19)(H,20,21). The molecule has 0 saturated carbocycles. The Labute approximate surface area is 132 Å². The summed E-state index contributed by atoms with van der Waals surface area (Å²) >= 11 is 1.57. The van der Waals surface area contributed by atoms with Gasteiger partial charge in [-0.15, -0.1) is 0 Å². The van der Waals surface area contributed by atoms with Gasteiger partial charge in [0.15, 0.2) is 0 Å². The number of aliphatic carboxylic acids is 1. The van der Waals surface area contributed by atoms with E-state index >= 15 is 0 Å². The molecular formula is C17H17NO3S. The van der Waals surface area contributed by atoms with E-state index in [2.05, 4.69) is 5.32 Å². The summed E-state index contributed by atoms with van der Waals surface area (Å²) in [4.78, 5) is 24.0. The number of hydrogen-bond donors (Lipinski definition) is 2. The molecule has 0 radical (unpaired) electrons. The van der Waals surface area contributed by atoms with Gasteiger partial charge in [0.05, 0.1) is 5.41 Å². The lowest BCUT2D eigenvalue weighted by molar-refractivity contribution is -0.151. The number of thiophene rings is 1. The van der Waals surface area contributed by atoms with Crippen LogP contribution in [-0.4, -0.2) is 17.0 Å². The van der Waals surface area contributed by atoms with Crippen LogP contribution >= 0.6 is 11.3 Å². The molecule has 0 unspecified atom stereocenters. The Morgan fingerprint density at radius 2 is 1.86 bits per heavy atom. The second-order valence-corrected chi connectivity index (χ2v) is 6.57. The van der Waals surface area contributed by atoms with Crippen molar-refractivity contribution in [2.45, 2.75) is 25.8 Å². The summed E-state index contributed by atoms with van der Waals surface area (Å²) in [5.41, 5.74) is 2.10. The zero-order valence-electron chi connectivity index (χ0n) is 12.0. The van der Waals surface area contributed by atoms with Crippen LogP contribution in [0.5, 0.6) is 0 Å². The Balaban J connectivity index is 1.68. The molecule has 0 spiro atoms. The third-order valence-electron chi connectivity index (χ3n) is 4.20. The maximum absolute atomic E-state index is 12.2. The van der Waals surface area contributed by atoms with Gasteiger partial charge in [0, 0.05) is 13.0 Å². The van der Waals surface area contributed by atoms with Crippen LogP contribution in [0, 0.1) is 5.41 Å². The van der Waals surface area contributed by atoms with E-state index in [9.17, 15) is 14.7 Å². The zero-order chi connectivity index (χ0) is 15.6. The minimum Gasteiger partial charge on any atom is -0.481 e. The summed E-state index contributed by atoms with van der Waals surface area (Å²) in [6.07, 6.45) is 0.857. The average molecular weight is 315 g/mol. The van der Waals surface area contributed by atoms with Crippen molar-refractivity contribution in [1.29, 1.82) is 0 Å². The number of nitrogens with one attached hydrogen (secondary N) is 1. The minimum atomic E-state index is -1.01. The lowest BCUT2D eigenvalue weighted by Gasteiger charge is -2.23. The van der Waals surface area contributed by atoms with E-state index in [0.717, 1.165) is 16.7 Å². The Kier molecular flexibility index (Phi) is 3.98. The predicted octanol–water partition coefficient (Wildman–Crippen LogP) is 2.62. The molecule has 0 aliphatic heterocycles. The third-order valence-corrected chi connectivity index (χ3v) is 4.93. The Morgan fingerprint density at radius 3 is 2.41 bits per heavy atom. The van der Waals surface area contributed by atoms with Gasteiger partial charge in [-0.05, 0) is 46.4 Å². The monoisotopic (exact) mass is 315 g/mol. The van der Waals surface area contributed by atoms with Crippen LogP contribution in [0.4, 0.5) is 0 Å². The Bertz CT molecular complexity index is 669. The van der Waals surface area contributed by atoms with Crippen molar-refractivity contribution in [2.75, 3.05) is 0 Å². The number of carboxylic acids is 1. The highest BCUT2D eigenvalue weighted by molar-refractivity contribution is 7.07. The minimum absolute atomic E-state index is 0.0150. The topological polar surface area (TPSA) is 66.4 Å². The Hall–Kier alpha value is -2.14. The molecule has 5 heteroatoms. The number of benzene rings is 1. The van der Waals surface area contributed by atoms with Gasteiger partial charge in [-0.1, -0.05) is 24.3 Å². The molecule has 1 heterocycles. The van der Waals surface area contributed by atoms with Crippen molar-refractivity contribution in [1.82, 2.24) is 5.32 Å². The summed E-state index contributed by atoms with van der Waals surface area (Å²) < 4.78 is 0. The number of fused-ring (bicyclic) bond motifs is 1. The van der Waals surface area contributed by atoms with Crippen molar-refractivity contribution < 1.29 is 14.7 Å². The molecule has 3 rings (SSSR count). The molecule has 1 aliphatic rings. The molecule has 114 valence electrons. The first-order chi connectivity index (χ1) is 10.6. The highest BCUT2D eigenvalue weighted by atomic mass is 32.1. The number of hydrogen-bond acceptors (Lipinski definition) is 3. The molecule has 1 aromatic heterocycles. The largest absolute Gasteiger partial charge is 0.481 e. The molecule has 0 atom stereocenters. The highest BCUT2D eigenvalue weighted by Gasteiger charge is 2.45. The van der Waals surface area contributed by atoms with Crippen LogP contribution < -0.4 is 5.32 Å². The van der Waals surface area contributed by atoms with Crippen molar-refractivity contribution in [3.63, 3.8) is 0 Å². The number of carboxylic acid groups (broad SMARTS) is 1. The van der Waals surface area contributed by atoms with E-state index < -0.39 is 11.4 Å². The molecule has 1 amide bonds. The van der Waals surface area contributed by atoms with E-state index in [1.54, 1.807) is 11.3 Å². The van der Waals surface area contributed by atoms with Crippen LogP contribution in [0.15, 0.2) is 41.1 Å². The second kappa shape index (κ2) is 5.93. The highest BCUT2D eigenvalue weighted by Crippen LogP contribution is 2.40. The number of carbonyl (C=O) groups excluding carboxylic acids is 1. The van der Waals surface area contributed by atoms with Crippen LogP contribution in [0.25, 0.3) is 0 Å². The first kappa shape index (κ1) is 14.8. The van der Waals surface area contributed by atoms with Crippen LogP contribution in [0.1, 0.15) is 23.1 Å². The quantitative estimate of drug-likeness (QED) is 0.891. The summed E-state index contributed by atoms with van der Waals surface area (Å²) in [6.45, 7) is 0.449. The van der Waals surface area contributed by atoms with Crippen LogP contribution in [-0.2, 0) is 29.0 Å². The molecule has 2 aromatic rings. The molecule has 1 aromatic carbocycles. The average Bonchev–Trinajstić information content (AvgIpc) is 3.12. The molecule has 0 saturated heterocycles. The SMILES string of the molecule is O=C(CC1(C(=O)O)Cc2ccccc2C1)NCc1ccsc1. The van der Waals surface area contributed by atoms with Gasteiger partial charge >= 0.3 is 5.97 Å². The number of rotatable bonds is 5. The van der Waals surface area contributed by atoms with Gasteiger partial charge in [-0.25, -0.2) is 0 Å². The first-order valence-corrected chi connectivity index (χ1v) is 8.11. The Morgan fingerprint density at radius 1 is 1.18 bits per heavy atom. The number of amides is 1. The summed E-state index contributed by atoms with van der Waals surface area (Å²) in [7, 11) is 0. The fraction of sp³-hybridized carbons (Fsp3) is 0.294. The molecule has 1 aliphatic carbocycles. The van der Waals surface area contributed by atoms with Gasteiger partial charge in [0.2, 0.25) is 5.91 Å². The summed E-state index contributed by atoms with van der Waals surface area (Å²) in [6, 6.07) is 9.66. The van der Waals surface area contributed by atoms with Gasteiger partial charge in [0.1, 0.15) is 0 Å². The van der Waals surface area contributed by atoms with E-state index in [4.69, 9.17) is 0 Å². The van der Waals surface area contributed by atoms with Crippen LogP contribution in [0.2, 0.25) is 0 Å². The third kappa shape index (κ3) is 2.90. The summed E-state index contributed by atoms with van der Waals surface area (Å²) in [5.74, 6) is -1.10. The van der Waals surface area contributed by atoms with Gasteiger partial charge in [-0.2, -0.15) is 11.3 Å². The fourth-order valence-corrected chi connectivity index (χ4v) is 3.68. The van der Waals surface area contributed by atoms with E-state index in [-0.39, 0.29) is 12.3 Å². The fourth-order valence-electron chi connectivity index (χ4n) is 3.01. The zero-order valence-corrected chi connectivity index (χ0v) is 12.9. The van der Waals surface area contributed by atoms with Gasteiger partial charge in [0.25, 0.3) is 0 Å². The van der Waals surface area contributed by atoms with Gasteiger partial charge < -0.3 is 10.4 Å². The lowest BCUT2D eigenvalue weighted by Crippen LogP contribution is -2.38. The normalized spacial score (nSPS) is 15.3. The second-order valence-electron chi connectivity index (χ2n) is 5.79. The first-order valence-electron chi connectivity index (χ1n) is 7.17. The lowest BCUT2D eigenvalue weighted by atomic mass is 9.81. The summed E-state index contributed by atoms with van der Waals surface area (Å²) in [5, 5.41) is 16.4. The number of carbonyl (C=O) groups is 2. The maximum Gasteiger partial charge on any atom is 0.310 e. The molecule has 22 heavy (non-hydrogen) atoms. The molecule has 4 nitrogen and oxygen atoms in total. The smallest absolute Gasteiger partial charge is 0.310 e.